The number of aromatic carboxylic acids is 1. The number of benzene rings is 2. The zero-order chi connectivity index (χ0) is 21.4. The number of hydrogen-bond donors (Lipinski definition) is 4. The number of amides is 3. The minimum absolute atomic E-state index is 0.0963. The molecule has 152 valence electrons. The molecule has 29 heavy (non-hydrogen) atoms. The first kappa shape index (κ1) is 21.6. The van der Waals surface area contributed by atoms with E-state index in [1.807, 2.05) is 30.3 Å². The van der Waals surface area contributed by atoms with Crippen LogP contribution in [0, 0.1) is 0 Å². The Morgan fingerprint density at radius 2 is 1.41 bits per heavy atom. The molecule has 0 aliphatic carbocycles. The Morgan fingerprint density at radius 3 is 1.93 bits per heavy atom. The predicted molar refractivity (Wildman–Crippen MR) is 106 cm³/mol. The molecule has 0 saturated heterocycles. The highest BCUT2D eigenvalue weighted by Gasteiger charge is 2.25. The lowest BCUT2D eigenvalue weighted by Gasteiger charge is -2.22. The molecule has 0 aliphatic rings. The SMILES string of the molecule is CC(=O)N[C@H](Cc1ccccc1)C(=O)N[C@H](Cc1ccc(C(=O)O)cc1)C(N)=O. The first-order valence-corrected chi connectivity index (χ1v) is 8.99. The van der Waals surface area contributed by atoms with E-state index in [2.05, 4.69) is 10.6 Å². The zero-order valence-electron chi connectivity index (χ0n) is 15.9. The minimum Gasteiger partial charge on any atom is -0.478 e. The smallest absolute Gasteiger partial charge is 0.335 e. The summed E-state index contributed by atoms with van der Waals surface area (Å²) in [5.74, 6) is -2.70. The van der Waals surface area contributed by atoms with Crippen LogP contribution < -0.4 is 16.4 Å². The topological polar surface area (TPSA) is 139 Å². The molecule has 2 atom stereocenters. The van der Waals surface area contributed by atoms with Gasteiger partial charge in [-0.2, -0.15) is 0 Å². The van der Waals surface area contributed by atoms with E-state index in [0.717, 1.165) is 5.56 Å². The maximum atomic E-state index is 12.7. The molecule has 0 saturated carbocycles. The van der Waals surface area contributed by atoms with E-state index in [4.69, 9.17) is 10.8 Å². The number of rotatable bonds is 9. The lowest BCUT2D eigenvalue weighted by molar-refractivity contribution is -0.130. The van der Waals surface area contributed by atoms with Gasteiger partial charge in [-0.05, 0) is 23.3 Å². The molecule has 8 heteroatoms. The molecule has 0 aliphatic heterocycles. The van der Waals surface area contributed by atoms with E-state index < -0.39 is 29.9 Å². The van der Waals surface area contributed by atoms with Gasteiger partial charge in [0.05, 0.1) is 5.56 Å². The van der Waals surface area contributed by atoms with Gasteiger partial charge >= 0.3 is 5.97 Å². The number of nitrogens with two attached hydrogens (primary N) is 1. The Balaban J connectivity index is 2.11. The fourth-order valence-electron chi connectivity index (χ4n) is 2.82. The molecule has 0 spiro atoms. The summed E-state index contributed by atoms with van der Waals surface area (Å²) >= 11 is 0. The second-order valence-electron chi connectivity index (χ2n) is 6.61. The third-order valence-electron chi connectivity index (χ3n) is 4.28. The fourth-order valence-corrected chi connectivity index (χ4v) is 2.82. The van der Waals surface area contributed by atoms with Crippen LogP contribution in [0.15, 0.2) is 54.6 Å². The summed E-state index contributed by atoms with van der Waals surface area (Å²) in [6.45, 7) is 1.31. The monoisotopic (exact) mass is 397 g/mol. The first-order chi connectivity index (χ1) is 13.8. The van der Waals surface area contributed by atoms with Crippen LogP contribution in [0.4, 0.5) is 0 Å². The predicted octanol–water partition coefficient (Wildman–Crippen LogP) is 0.645. The molecule has 3 amide bonds. The summed E-state index contributed by atoms with van der Waals surface area (Å²) in [7, 11) is 0. The van der Waals surface area contributed by atoms with Crippen LogP contribution in [-0.4, -0.2) is 40.9 Å². The molecular weight excluding hydrogens is 374 g/mol. The number of carboxylic acid groups (broad SMARTS) is 1. The molecule has 8 nitrogen and oxygen atoms in total. The Bertz CT molecular complexity index is 881. The molecule has 0 aromatic heterocycles. The van der Waals surface area contributed by atoms with Crippen molar-refractivity contribution >= 4 is 23.7 Å². The number of hydrogen-bond acceptors (Lipinski definition) is 4. The van der Waals surface area contributed by atoms with Gasteiger partial charge < -0.3 is 21.5 Å². The highest BCUT2D eigenvalue weighted by atomic mass is 16.4. The van der Waals surface area contributed by atoms with E-state index >= 15 is 0 Å². The zero-order valence-corrected chi connectivity index (χ0v) is 15.9. The summed E-state index contributed by atoms with van der Waals surface area (Å²) in [6.07, 6.45) is 0.351. The van der Waals surface area contributed by atoms with E-state index in [1.54, 1.807) is 12.1 Å². The van der Waals surface area contributed by atoms with Gasteiger partial charge in [-0.15, -0.1) is 0 Å². The van der Waals surface area contributed by atoms with E-state index in [9.17, 15) is 19.2 Å². The van der Waals surface area contributed by atoms with Crippen molar-refractivity contribution in [1.29, 1.82) is 0 Å². The number of primary amides is 1. The molecule has 5 N–H and O–H groups in total. The largest absolute Gasteiger partial charge is 0.478 e. The highest BCUT2D eigenvalue weighted by molar-refractivity contribution is 5.91. The van der Waals surface area contributed by atoms with Crippen molar-refractivity contribution in [2.24, 2.45) is 5.73 Å². The third kappa shape index (κ3) is 6.76. The maximum Gasteiger partial charge on any atom is 0.335 e. The van der Waals surface area contributed by atoms with Crippen molar-refractivity contribution in [3.63, 3.8) is 0 Å². The Hall–Kier alpha value is -3.68. The van der Waals surface area contributed by atoms with Gasteiger partial charge in [-0.3, -0.25) is 14.4 Å². The Kier molecular flexibility index (Phi) is 7.47. The van der Waals surface area contributed by atoms with Gasteiger partial charge in [0, 0.05) is 19.8 Å². The minimum atomic E-state index is -1.06. The molecule has 0 unspecified atom stereocenters. The van der Waals surface area contributed by atoms with Crippen molar-refractivity contribution in [3.8, 4) is 0 Å². The van der Waals surface area contributed by atoms with Gasteiger partial charge in [0.25, 0.3) is 0 Å². The van der Waals surface area contributed by atoms with Crippen LogP contribution in [0.5, 0.6) is 0 Å². The summed E-state index contributed by atoms with van der Waals surface area (Å²) in [5.41, 5.74) is 7.03. The van der Waals surface area contributed by atoms with Crippen molar-refractivity contribution < 1.29 is 24.3 Å². The second-order valence-corrected chi connectivity index (χ2v) is 6.61. The number of carbonyl (C=O) groups is 4. The molecule has 0 bridgehead atoms. The average Bonchev–Trinajstić information content (AvgIpc) is 2.67. The molecule has 2 aromatic carbocycles. The second kappa shape index (κ2) is 10.0. The van der Waals surface area contributed by atoms with E-state index in [0.29, 0.717) is 5.56 Å². The number of carbonyl (C=O) groups excluding carboxylic acids is 3. The van der Waals surface area contributed by atoms with Crippen LogP contribution in [-0.2, 0) is 27.2 Å². The molecular formula is C21H23N3O5. The number of nitrogens with one attached hydrogen (secondary N) is 2. The van der Waals surface area contributed by atoms with Crippen LogP contribution in [0.25, 0.3) is 0 Å². The van der Waals surface area contributed by atoms with Crippen LogP contribution in [0.2, 0.25) is 0 Å². The van der Waals surface area contributed by atoms with Crippen molar-refractivity contribution in [2.45, 2.75) is 31.8 Å². The summed E-state index contributed by atoms with van der Waals surface area (Å²) in [4.78, 5) is 47.0. The normalized spacial score (nSPS) is 12.4. The van der Waals surface area contributed by atoms with Gasteiger partial charge in [0.2, 0.25) is 17.7 Å². The molecule has 0 heterocycles. The maximum absolute atomic E-state index is 12.7. The van der Waals surface area contributed by atoms with Crippen molar-refractivity contribution in [1.82, 2.24) is 10.6 Å². The van der Waals surface area contributed by atoms with Gasteiger partial charge in [-0.25, -0.2) is 4.79 Å². The third-order valence-corrected chi connectivity index (χ3v) is 4.28. The van der Waals surface area contributed by atoms with Crippen molar-refractivity contribution in [2.75, 3.05) is 0 Å². The fraction of sp³-hybridized carbons (Fsp3) is 0.238. The summed E-state index contributed by atoms with van der Waals surface area (Å²) in [6, 6.07) is 13.2. The van der Waals surface area contributed by atoms with Gasteiger partial charge in [0.15, 0.2) is 0 Å². The van der Waals surface area contributed by atoms with Gasteiger partial charge in [0.1, 0.15) is 12.1 Å². The van der Waals surface area contributed by atoms with Gasteiger partial charge in [-0.1, -0.05) is 42.5 Å². The van der Waals surface area contributed by atoms with E-state index in [-0.39, 0.29) is 24.3 Å². The molecule has 0 radical (unpaired) electrons. The van der Waals surface area contributed by atoms with E-state index in [1.165, 1.54) is 19.1 Å². The first-order valence-electron chi connectivity index (χ1n) is 8.99. The quantitative estimate of drug-likeness (QED) is 0.492. The summed E-state index contributed by atoms with van der Waals surface area (Å²) in [5, 5.41) is 14.1. The average molecular weight is 397 g/mol. The Labute approximate surface area is 168 Å². The standard InChI is InChI=1S/C21H23N3O5/c1-13(25)23-18(12-14-5-3-2-4-6-14)20(27)24-17(19(22)26)11-15-7-9-16(10-8-15)21(28)29/h2-10,17-18H,11-12H2,1H3,(H2,22,26)(H,23,25)(H,24,27)(H,28,29)/t17-,18-/m1/s1. The lowest BCUT2D eigenvalue weighted by Crippen LogP contribution is -2.54. The van der Waals surface area contributed by atoms with Crippen molar-refractivity contribution in [3.05, 3.63) is 71.3 Å². The lowest BCUT2D eigenvalue weighted by atomic mass is 10.0. The molecule has 2 aromatic rings. The molecule has 0 fully saturated rings. The van der Waals surface area contributed by atoms with Crippen LogP contribution in [0.1, 0.15) is 28.4 Å². The molecule has 2 rings (SSSR count). The highest BCUT2D eigenvalue weighted by Crippen LogP contribution is 2.09. The van der Waals surface area contributed by atoms with Crippen LogP contribution in [0.3, 0.4) is 0 Å². The Morgan fingerprint density at radius 1 is 0.862 bits per heavy atom. The summed E-state index contributed by atoms with van der Waals surface area (Å²) < 4.78 is 0. The van der Waals surface area contributed by atoms with Crippen LogP contribution >= 0.6 is 0 Å². The number of carboxylic acids is 1.